The third-order valence-electron chi connectivity index (χ3n) is 3.73. The third-order valence-corrected chi connectivity index (χ3v) is 6.16. The summed E-state index contributed by atoms with van der Waals surface area (Å²) in [5, 5.41) is 20.3. The van der Waals surface area contributed by atoms with Gasteiger partial charge < -0.3 is 44.5 Å². The molecule has 3 rings (SSSR count). The summed E-state index contributed by atoms with van der Waals surface area (Å²) in [6.07, 6.45) is -7.74. The van der Waals surface area contributed by atoms with Crippen molar-refractivity contribution in [2.75, 3.05) is 18.5 Å². The average molecular weight is 473 g/mol. The van der Waals surface area contributed by atoms with Crippen molar-refractivity contribution >= 4 is 44.4 Å². The van der Waals surface area contributed by atoms with Crippen LogP contribution in [0.15, 0.2) is 11.5 Å². The van der Waals surface area contributed by atoms with E-state index in [1.165, 1.54) is 0 Å². The van der Waals surface area contributed by atoms with Crippen LogP contribution in [-0.4, -0.2) is 60.8 Å². The number of aliphatic hydroxyl groups excluding tert-OH is 2. The van der Waals surface area contributed by atoms with Crippen LogP contribution in [0, 0.1) is 0 Å². The number of rotatable bonds is 7. The predicted molar refractivity (Wildman–Crippen MR) is 89.7 cm³/mol. The Morgan fingerprint density at radius 3 is 2.76 bits per heavy atom. The first-order valence-corrected chi connectivity index (χ1v) is 11.2. The van der Waals surface area contributed by atoms with E-state index in [0.717, 1.165) is 10.9 Å². The zero-order valence-corrected chi connectivity index (χ0v) is 16.5. The maximum Gasteiger partial charge on any atom is 0.271 e. The van der Waals surface area contributed by atoms with Gasteiger partial charge in [-0.1, -0.05) is 11.8 Å². The fraction of sp³-hybridized carbons (Fsp3) is 0.545. The Bertz CT molecular complexity index is 1100. The molecule has 0 bridgehead atoms. The van der Waals surface area contributed by atoms with Gasteiger partial charge in [0.15, 0.2) is 22.8 Å². The first kappa shape index (κ1) is 18.6. The van der Waals surface area contributed by atoms with Gasteiger partial charge in [-0.3, -0.25) is 13.4 Å². The number of thioether (sulfide) groups is 1. The number of nitrogens with two attached hydrogens (primary N) is 1. The molecule has 0 aromatic carbocycles. The molecule has 1 saturated heterocycles. The molecule has 0 spiro atoms. The number of imidazole rings is 1. The van der Waals surface area contributed by atoms with Gasteiger partial charge in [-0.2, -0.15) is 0 Å². The van der Waals surface area contributed by atoms with Gasteiger partial charge in [0.05, 0.1) is 20.8 Å². The van der Waals surface area contributed by atoms with Crippen molar-refractivity contribution in [1.29, 1.82) is 0 Å². The van der Waals surface area contributed by atoms with E-state index in [1.807, 2.05) is 0 Å². The van der Waals surface area contributed by atoms with Crippen molar-refractivity contribution < 1.29 is 51.7 Å². The molecule has 5 atom stereocenters. The van der Waals surface area contributed by atoms with Crippen molar-refractivity contribution in [3.8, 4) is 0 Å². The summed E-state index contributed by atoms with van der Waals surface area (Å²) in [5.41, 5.74) is 5.75. The second-order valence-electron chi connectivity index (χ2n) is 5.64. The summed E-state index contributed by atoms with van der Waals surface area (Å²) in [7, 11) is -11.5. The third kappa shape index (κ3) is 4.95. The van der Waals surface area contributed by atoms with Crippen molar-refractivity contribution in [3.05, 3.63) is 6.33 Å². The summed E-state index contributed by atoms with van der Waals surface area (Å²) < 4.78 is 57.7. The van der Waals surface area contributed by atoms with Gasteiger partial charge in [0.25, 0.3) is 7.82 Å². The highest BCUT2D eigenvalue weighted by Gasteiger charge is 2.45. The standard InChI is InChI=1S/C11H17N5O10P2S/c1-29-11-14-8(12)5-9(15-11)16(3-13-5)10-7(18)6(17)4(25-10)2-24-28(22,23)26-27(19,20)21/h3-4,6-7,10,17-18H,2H2,1H3,(H,22,23)(H2,12,14,15)(H2,19,20,21)/p-3/t4-,6-,7-,10-/m1/s1/i1D3. The molecule has 162 valence electrons. The van der Waals surface area contributed by atoms with E-state index in [1.54, 1.807) is 0 Å². The fourth-order valence-electron chi connectivity index (χ4n) is 2.56. The van der Waals surface area contributed by atoms with Crippen LogP contribution in [0.5, 0.6) is 0 Å². The Balaban J connectivity index is 1.82. The molecule has 1 unspecified atom stereocenters. The lowest BCUT2D eigenvalue weighted by Gasteiger charge is -2.35. The van der Waals surface area contributed by atoms with Crippen LogP contribution in [0.4, 0.5) is 5.82 Å². The molecule has 0 amide bonds. The van der Waals surface area contributed by atoms with Crippen LogP contribution in [0.2, 0.25) is 0 Å². The highest BCUT2D eigenvalue weighted by Crippen LogP contribution is 2.50. The molecule has 1 aliphatic rings. The highest BCUT2D eigenvalue weighted by atomic mass is 32.2. The van der Waals surface area contributed by atoms with Crippen LogP contribution < -0.4 is 20.4 Å². The molecule has 3 heterocycles. The Kier molecular flexibility index (Phi) is 5.24. The molecule has 2 aromatic heterocycles. The number of fused-ring (bicyclic) bond motifs is 1. The van der Waals surface area contributed by atoms with Crippen molar-refractivity contribution in [2.24, 2.45) is 0 Å². The van der Waals surface area contributed by atoms with E-state index < -0.39 is 53.0 Å². The number of anilines is 1. The maximum atomic E-state index is 11.4. The van der Waals surface area contributed by atoms with Crippen LogP contribution in [-0.2, 0) is 22.7 Å². The van der Waals surface area contributed by atoms with E-state index in [9.17, 15) is 34.0 Å². The Labute approximate surface area is 170 Å². The average Bonchev–Trinajstić information content (AvgIpc) is 3.12. The van der Waals surface area contributed by atoms with Crippen molar-refractivity contribution in [2.45, 2.75) is 29.7 Å². The monoisotopic (exact) mass is 473 g/mol. The summed E-state index contributed by atoms with van der Waals surface area (Å²) in [6, 6.07) is 0. The molecule has 4 N–H and O–H groups in total. The van der Waals surface area contributed by atoms with Gasteiger partial charge in [-0.05, 0) is 6.18 Å². The normalized spacial score (nSPS) is 29.3. The first-order valence-electron chi connectivity index (χ1n) is 8.96. The Morgan fingerprint density at radius 2 is 2.10 bits per heavy atom. The van der Waals surface area contributed by atoms with Crippen LogP contribution in [0.1, 0.15) is 10.3 Å². The number of ether oxygens (including phenoxy) is 1. The topological polar surface area (TPSA) is 241 Å². The van der Waals surface area contributed by atoms with E-state index >= 15 is 0 Å². The van der Waals surface area contributed by atoms with Gasteiger partial charge in [0.1, 0.15) is 23.8 Å². The van der Waals surface area contributed by atoms with Crippen LogP contribution >= 0.6 is 27.4 Å². The van der Waals surface area contributed by atoms with E-state index in [0.29, 0.717) is 11.8 Å². The summed E-state index contributed by atoms with van der Waals surface area (Å²) >= 11 is 0.332. The molecule has 0 aliphatic carbocycles. The molecular weight excluding hydrogens is 456 g/mol. The SMILES string of the molecule is [2H]C([2H])([2H])Sc1nc(N)c2ncn([C@@H]3O[C@H](COP(=O)([O-])OP(=O)([O-])[O-])[C@@H](O)[C@H]3O)c2n1. The lowest BCUT2D eigenvalue weighted by Crippen LogP contribution is -2.34. The number of hydrogen-bond donors (Lipinski definition) is 3. The van der Waals surface area contributed by atoms with Gasteiger partial charge in [-0.15, -0.1) is 0 Å². The number of aliphatic hydroxyl groups is 2. The molecule has 18 heteroatoms. The number of phosphoric ester groups is 1. The molecular formula is C11H14N5O10P2S-3. The summed E-state index contributed by atoms with van der Waals surface area (Å²) in [5.74, 6) is -0.169. The first-order chi connectivity index (χ1) is 14.6. The quantitative estimate of drug-likeness (QED) is 0.207. The smallest absolute Gasteiger partial charge is 0.271 e. The fourth-order valence-corrected chi connectivity index (χ4v) is 4.33. The minimum absolute atomic E-state index is 0.0315. The number of aromatic nitrogens is 4. The van der Waals surface area contributed by atoms with Gasteiger partial charge in [0, 0.05) is 4.11 Å². The van der Waals surface area contributed by atoms with Gasteiger partial charge in [0.2, 0.25) is 0 Å². The lowest BCUT2D eigenvalue weighted by molar-refractivity contribution is -0.339. The zero-order chi connectivity index (χ0) is 24.1. The molecule has 29 heavy (non-hydrogen) atoms. The number of nitrogen functional groups attached to an aromatic ring is 1. The predicted octanol–water partition coefficient (Wildman–Crippen LogP) is -2.92. The Morgan fingerprint density at radius 1 is 1.38 bits per heavy atom. The van der Waals surface area contributed by atoms with Crippen LogP contribution in [0.3, 0.4) is 0 Å². The summed E-state index contributed by atoms with van der Waals surface area (Å²) in [4.78, 5) is 44.1. The largest absolute Gasteiger partial charge is 0.790 e. The molecule has 0 saturated carbocycles. The summed E-state index contributed by atoms with van der Waals surface area (Å²) in [6.45, 7) is -1.01. The van der Waals surface area contributed by atoms with Crippen LogP contribution in [0.25, 0.3) is 11.2 Å². The zero-order valence-electron chi connectivity index (χ0n) is 16.9. The molecule has 0 radical (unpaired) electrons. The van der Waals surface area contributed by atoms with Gasteiger partial charge in [-0.25, -0.2) is 15.0 Å². The lowest BCUT2D eigenvalue weighted by atomic mass is 10.1. The molecule has 15 nitrogen and oxygen atoms in total. The minimum atomic E-state index is -5.91. The minimum Gasteiger partial charge on any atom is -0.790 e. The Hall–Kier alpha value is -1.16. The second-order valence-corrected chi connectivity index (χ2v) is 8.91. The number of phosphoric acid groups is 2. The molecule has 1 fully saturated rings. The van der Waals surface area contributed by atoms with E-state index in [4.69, 9.17) is 14.6 Å². The van der Waals surface area contributed by atoms with Crippen molar-refractivity contribution in [3.63, 3.8) is 0 Å². The molecule has 1 aliphatic heterocycles. The van der Waals surface area contributed by atoms with E-state index in [2.05, 4.69) is 23.8 Å². The number of hydrogen-bond acceptors (Lipinski definition) is 15. The number of nitrogens with zero attached hydrogens (tertiary/aromatic N) is 4. The second kappa shape index (κ2) is 8.17. The van der Waals surface area contributed by atoms with Gasteiger partial charge >= 0.3 is 0 Å². The van der Waals surface area contributed by atoms with E-state index in [-0.39, 0.29) is 22.1 Å². The maximum absolute atomic E-state index is 11.4. The van der Waals surface area contributed by atoms with Crippen molar-refractivity contribution in [1.82, 2.24) is 19.5 Å². The molecule has 2 aromatic rings. The highest BCUT2D eigenvalue weighted by molar-refractivity contribution is 7.98.